The van der Waals surface area contributed by atoms with E-state index in [-0.39, 0.29) is 22.9 Å². The minimum absolute atomic E-state index is 0.0242. The topological polar surface area (TPSA) is 75.7 Å². The maximum absolute atomic E-state index is 9.46. The van der Waals surface area contributed by atoms with Crippen LogP contribution in [-0.4, -0.2) is 16.8 Å². The summed E-state index contributed by atoms with van der Waals surface area (Å²) in [6.45, 7) is 4.12. The summed E-state index contributed by atoms with van der Waals surface area (Å²) >= 11 is 0. The van der Waals surface area contributed by atoms with Gasteiger partial charge in [-0.3, -0.25) is 0 Å². The average Bonchev–Trinajstić information content (AvgIpc) is 2.14. The summed E-state index contributed by atoms with van der Waals surface area (Å²) in [6, 6.07) is 1.23. The summed E-state index contributed by atoms with van der Waals surface area (Å²) in [6.07, 6.45) is 0.832. The van der Waals surface area contributed by atoms with Crippen molar-refractivity contribution in [3.8, 4) is 17.2 Å². The average molecular weight is 197 g/mol. The number of rotatable bonds is 3. The van der Waals surface area contributed by atoms with E-state index in [1.54, 1.807) is 6.92 Å². The van der Waals surface area contributed by atoms with Crippen LogP contribution in [0.5, 0.6) is 17.2 Å². The zero-order valence-electron chi connectivity index (χ0n) is 8.37. The SMILES string of the molecule is CCCOc1c(O)cc(O)c(C)c1N. The quantitative estimate of drug-likeness (QED) is 0.645. The highest BCUT2D eigenvalue weighted by Gasteiger charge is 2.13. The van der Waals surface area contributed by atoms with Crippen LogP contribution >= 0.6 is 0 Å². The zero-order valence-corrected chi connectivity index (χ0v) is 8.37. The molecule has 0 aromatic heterocycles. The summed E-state index contributed by atoms with van der Waals surface area (Å²) < 4.78 is 5.27. The van der Waals surface area contributed by atoms with Gasteiger partial charge in [-0.05, 0) is 13.3 Å². The third-order valence-corrected chi connectivity index (χ3v) is 1.99. The number of phenolic OH excluding ortho intramolecular Hbond substituents is 2. The van der Waals surface area contributed by atoms with Gasteiger partial charge in [0.05, 0.1) is 12.3 Å². The van der Waals surface area contributed by atoms with E-state index in [0.29, 0.717) is 12.2 Å². The van der Waals surface area contributed by atoms with Gasteiger partial charge in [0.2, 0.25) is 0 Å². The molecule has 0 fully saturated rings. The molecule has 0 aliphatic rings. The van der Waals surface area contributed by atoms with Gasteiger partial charge in [0.25, 0.3) is 0 Å². The minimum atomic E-state index is -0.126. The Morgan fingerprint density at radius 3 is 2.57 bits per heavy atom. The fraction of sp³-hybridized carbons (Fsp3) is 0.400. The number of phenols is 2. The fourth-order valence-electron chi connectivity index (χ4n) is 1.11. The molecule has 0 saturated carbocycles. The number of hydrogen-bond donors (Lipinski definition) is 3. The van der Waals surface area contributed by atoms with Crippen molar-refractivity contribution in [2.75, 3.05) is 12.3 Å². The number of nitrogens with two attached hydrogens (primary N) is 1. The molecule has 0 aliphatic heterocycles. The highest BCUT2D eigenvalue weighted by Crippen LogP contribution is 2.39. The standard InChI is InChI=1S/C10H15NO3/c1-3-4-14-10-8(13)5-7(12)6(2)9(10)11/h5,12-13H,3-4,11H2,1-2H3. The smallest absolute Gasteiger partial charge is 0.184 e. The van der Waals surface area contributed by atoms with Gasteiger partial charge >= 0.3 is 0 Å². The molecule has 78 valence electrons. The molecule has 0 atom stereocenters. The van der Waals surface area contributed by atoms with Crippen LogP contribution < -0.4 is 10.5 Å². The molecule has 0 amide bonds. The van der Waals surface area contributed by atoms with Crippen LogP contribution in [0.15, 0.2) is 6.07 Å². The highest BCUT2D eigenvalue weighted by molar-refractivity contribution is 5.68. The van der Waals surface area contributed by atoms with Crippen LogP contribution in [0.2, 0.25) is 0 Å². The molecule has 0 aliphatic carbocycles. The molecule has 0 saturated heterocycles. The molecule has 0 bridgehead atoms. The van der Waals surface area contributed by atoms with Gasteiger partial charge in [-0.2, -0.15) is 0 Å². The van der Waals surface area contributed by atoms with Crippen LogP contribution in [0.1, 0.15) is 18.9 Å². The number of aromatic hydroxyl groups is 2. The van der Waals surface area contributed by atoms with Crippen LogP contribution in [0.3, 0.4) is 0 Å². The number of hydrogen-bond acceptors (Lipinski definition) is 4. The molecular formula is C10H15NO3. The molecule has 0 spiro atoms. The predicted octanol–water partition coefficient (Wildman–Crippen LogP) is 1.78. The van der Waals surface area contributed by atoms with Crippen LogP contribution in [-0.2, 0) is 0 Å². The Bertz CT molecular complexity index is 337. The molecule has 1 aromatic rings. The van der Waals surface area contributed by atoms with E-state index >= 15 is 0 Å². The van der Waals surface area contributed by atoms with Crippen LogP contribution in [0.25, 0.3) is 0 Å². The van der Waals surface area contributed by atoms with E-state index in [1.807, 2.05) is 6.92 Å². The van der Waals surface area contributed by atoms with Crippen molar-refractivity contribution in [1.82, 2.24) is 0 Å². The van der Waals surface area contributed by atoms with E-state index in [0.717, 1.165) is 6.42 Å². The predicted molar refractivity (Wildman–Crippen MR) is 54.7 cm³/mol. The summed E-state index contributed by atoms with van der Waals surface area (Å²) in [5, 5.41) is 18.8. The van der Waals surface area contributed by atoms with Crippen molar-refractivity contribution in [1.29, 1.82) is 0 Å². The first-order valence-electron chi connectivity index (χ1n) is 4.51. The second-order valence-electron chi connectivity index (χ2n) is 3.13. The van der Waals surface area contributed by atoms with Gasteiger partial charge < -0.3 is 20.7 Å². The molecule has 0 heterocycles. The first kappa shape index (κ1) is 10.5. The summed E-state index contributed by atoms with van der Waals surface area (Å²) in [5.41, 5.74) is 6.49. The first-order valence-corrected chi connectivity index (χ1v) is 4.51. The van der Waals surface area contributed by atoms with Crippen molar-refractivity contribution in [2.24, 2.45) is 0 Å². The fourth-order valence-corrected chi connectivity index (χ4v) is 1.11. The van der Waals surface area contributed by atoms with E-state index in [2.05, 4.69) is 0 Å². The number of ether oxygens (including phenoxy) is 1. The maximum atomic E-state index is 9.46. The van der Waals surface area contributed by atoms with Crippen LogP contribution in [0, 0.1) is 6.92 Å². The molecular weight excluding hydrogens is 182 g/mol. The van der Waals surface area contributed by atoms with Crippen molar-refractivity contribution in [3.05, 3.63) is 11.6 Å². The Balaban J connectivity index is 3.09. The van der Waals surface area contributed by atoms with Crippen molar-refractivity contribution < 1.29 is 14.9 Å². The van der Waals surface area contributed by atoms with Crippen LogP contribution in [0.4, 0.5) is 5.69 Å². The largest absolute Gasteiger partial charge is 0.507 e. The van der Waals surface area contributed by atoms with Gasteiger partial charge in [0.15, 0.2) is 11.5 Å². The maximum Gasteiger partial charge on any atom is 0.184 e. The van der Waals surface area contributed by atoms with E-state index in [4.69, 9.17) is 10.5 Å². The Morgan fingerprint density at radius 2 is 2.00 bits per heavy atom. The second-order valence-corrected chi connectivity index (χ2v) is 3.13. The number of benzene rings is 1. The summed E-state index contributed by atoms with van der Waals surface area (Å²) in [7, 11) is 0. The van der Waals surface area contributed by atoms with E-state index in [1.165, 1.54) is 6.07 Å². The van der Waals surface area contributed by atoms with E-state index in [9.17, 15) is 10.2 Å². The lowest BCUT2D eigenvalue weighted by atomic mass is 10.1. The van der Waals surface area contributed by atoms with Gasteiger partial charge in [-0.25, -0.2) is 0 Å². The van der Waals surface area contributed by atoms with Crippen molar-refractivity contribution in [3.63, 3.8) is 0 Å². The van der Waals surface area contributed by atoms with Gasteiger partial charge in [0, 0.05) is 11.6 Å². The molecule has 1 aromatic carbocycles. The molecule has 0 radical (unpaired) electrons. The lowest BCUT2D eigenvalue weighted by Crippen LogP contribution is -2.01. The minimum Gasteiger partial charge on any atom is -0.507 e. The molecule has 14 heavy (non-hydrogen) atoms. The number of nitrogen functional groups attached to an aromatic ring is 1. The molecule has 4 heteroatoms. The second kappa shape index (κ2) is 4.09. The third-order valence-electron chi connectivity index (χ3n) is 1.99. The molecule has 4 nitrogen and oxygen atoms in total. The third kappa shape index (κ3) is 1.84. The Morgan fingerprint density at radius 1 is 1.36 bits per heavy atom. The van der Waals surface area contributed by atoms with E-state index < -0.39 is 0 Å². The van der Waals surface area contributed by atoms with Gasteiger partial charge in [-0.15, -0.1) is 0 Å². The van der Waals surface area contributed by atoms with Gasteiger partial charge in [-0.1, -0.05) is 6.92 Å². The van der Waals surface area contributed by atoms with Crippen molar-refractivity contribution in [2.45, 2.75) is 20.3 Å². The Hall–Kier alpha value is -1.58. The van der Waals surface area contributed by atoms with Gasteiger partial charge in [0.1, 0.15) is 5.75 Å². The molecule has 4 N–H and O–H groups in total. The summed E-state index contributed by atoms with van der Waals surface area (Å²) in [5.74, 6) is 0.102. The molecule has 0 unspecified atom stereocenters. The lowest BCUT2D eigenvalue weighted by Gasteiger charge is -2.12. The first-order chi connectivity index (χ1) is 6.57. The Labute approximate surface area is 82.9 Å². The Kier molecular flexibility index (Phi) is 3.06. The zero-order chi connectivity index (χ0) is 10.7. The summed E-state index contributed by atoms with van der Waals surface area (Å²) in [4.78, 5) is 0. The lowest BCUT2D eigenvalue weighted by molar-refractivity contribution is 0.300. The van der Waals surface area contributed by atoms with Crippen molar-refractivity contribution >= 4 is 5.69 Å². The normalized spacial score (nSPS) is 10.1. The number of anilines is 1. The highest BCUT2D eigenvalue weighted by atomic mass is 16.5. The molecule has 1 rings (SSSR count). The monoisotopic (exact) mass is 197 g/mol.